The number of carbonyl (C=O) groups is 3. The molecule has 0 rings (SSSR count). The van der Waals surface area contributed by atoms with Crippen molar-refractivity contribution in [2.24, 2.45) is 5.92 Å². The molecule has 7 heteroatoms. The topological polar surface area (TPSA) is 93.7 Å². The average molecular weight is 330 g/mol. The highest BCUT2D eigenvalue weighted by Gasteiger charge is 2.28. The summed E-state index contributed by atoms with van der Waals surface area (Å²) in [5.41, 5.74) is -0.648. The van der Waals surface area contributed by atoms with Crippen molar-refractivity contribution >= 4 is 18.0 Å². The molecule has 134 valence electrons. The van der Waals surface area contributed by atoms with Gasteiger partial charge in [0.2, 0.25) is 5.91 Å². The fourth-order valence-corrected chi connectivity index (χ4v) is 1.62. The summed E-state index contributed by atoms with van der Waals surface area (Å²) in [6.45, 7) is 12.5. The SMILES string of the molecule is CCCOC(=O)[C@@H](NC(=O)[C@H](C)NC(=O)OC(C)(C)C)C(C)C. The first-order valence-electron chi connectivity index (χ1n) is 7.94. The summed E-state index contributed by atoms with van der Waals surface area (Å²) in [6.07, 6.45) is 0.0241. The third-order valence-corrected chi connectivity index (χ3v) is 2.79. The molecule has 0 saturated heterocycles. The fraction of sp³-hybridized carbons (Fsp3) is 0.812. The molecule has 0 fully saturated rings. The van der Waals surface area contributed by atoms with Gasteiger partial charge in [0.15, 0.2) is 0 Å². The molecular weight excluding hydrogens is 300 g/mol. The van der Waals surface area contributed by atoms with Gasteiger partial charge in [-0.05, 0) is 40.0 Å². The third-order valence-electron chi connectivity index (χ3n) is 2.79. The van der Waals surface area contributed by atoms with Crippen LogP contribution in [-0.4, -0.2) is 42.3 Å². The maximum absolute atomic E-state index is 12.1. The standard InChI is InChI=1S/C16H30N2O5/c1-8-9-22-14(20)12(10(2)3)18-13(19)11(4)17-15(21)23-16(5,6)7/h10-12H,8-9H2,1-7H3,(H,17,21)(H,18,19)/t11-,12-/m0/s1. The Bertz CT molecular complexity index is 415. The Morgan fingerprint density at radius 1 is 1.04 bits per heavy atom. The van der Waals surface area contributed by atoms with Crippen LogP contribution in [0.3, 0.4) is 0 Å². The zero-order valence-electron chi connectivity index (χ0n) is 15.2. The van der Waals surface area contributed by atoms with Crippen molar-refractivity contribution in [1.29, 1.82) is 0 Å². The molecule has 0 saturated carbocycles. The lowest BCUT2D eigenvalue weighted by Crippen LogP contribution is -2.53. The number of esters is 1. The number of carbonyl (C=O) groups excluding carboxylic acids is 3. The summed E-state index contributed by atoms with van der Waals surface area (Å²) in [5, 5.41) is 5.05. The minimum Gasteiger partial charge on any atom is -0.464 e. The molecule has 2 N–H and O–H groups in total. The maximum Gasteiger partial charge on any atom is 0.408 e. The first-order valence-corrected chi connectivity index (χ1v) is 7.94. The Kier molecular flexibility index (Phi) is 8.64. The van der Waals surface area contributed by atoms with Crippen LogP contribution >= 0.6 is 0 Å². The number of nitrogens with one attached hydrogen (secondary N) is 2. The number of rotatable bonds is 7. The van der Waals surface area contributed by atoms with Crippen LogP contribution < -0.4 is 10.6 Å². The van der Waals surface area contributed by atoms with E-state index in [1.807, 2.05) is 20.8 Å². The summed E-state index contributed by atoms with van der Waals surface area (Å²) in [4.78, 5) is 35.8. The average Bonchev–Trinajstić information content (AvgIpc) is 2.38. The van der Waals surface area contributed by atoms with Crippen molar-refractivity contribution in [3.8, 4) is 0 Å². The summed E-state index contributed by atoms with van der Waals surface area (Å²) < 4.78 is 10.2. The first kappa shape index (κ1) is 21.2. The zero-order chi connectivity index (χ0) is 18.2. The van der Waals surface area contributed by atoms with Gasteiger partial charge in [0.1, 0.15) is 17.7 Å². The predicted molar refractivity (Wildman–Crippen MR) is 86.9 cm³/mol. The summed E-state index contributed by atoms with van der Waals surface area (Å²) in [7, 11) is 0. The van der Waals surface area contributed by atoms with Crippen molar-refractivity contribution in [3.63, 3.8) is 0 Å². The number of hydrogen-bond donors (Lipinski definition) is 2. The molecule has 7 nitrogen and oxygen atoms in total. The molecule has 0 heterocycles. The molecule has 23 heavy (non-hydrogen) atoms. The van der Waals surface area contributed by atoms with Crippen LogP contribution in [0.1, 0.15) is 54.9 Å². The molecule has 0 aliphatic rings. The molecule has 0 aliphatic heterocycles. The molecule has 2 atom stereocenters. The second kappa shape index (κ2) is 9.37. The van der Waals surface area contributed by atoms with Crippen molar-refractivity contribution in [1.82, 2.24) is 10.6 Å². The number of hydrogen-bond acceptors (Lipinski definition) is 5. The molecule has 0 aromatic rings. The Morgan fingerprint density at radius 2 is 1.61 bits per heavy atom. The van der Waals surface area contributed by atoms with Crippen LogP contribution in [0.4, 0.5) is 4.79 Å². The van der Waals surface area contributed by atoms with E-state index in [9.17, 15) is 14.4 Å². The fourth-order valence-electron chi connectivity index (χ4n) is 1.62. The molecule has 2 amide bonds. The number of alkyl carbamates (subject to hydrolysis) is 1. The normalized spacial score (nSPS) is 13.9. The molecular formula is C16H30N2O5. The van der Waals surface area contributed by atoms with Crippen LogP contribution in [0, 0.1) is 5.92 Å². The first-order chi connectivity index (χ1) is 10.5. The molecule has 0 radical (unpaired) electrons. The van der Waals surface area contributed by atoms with Crippen molar-refractivity contribution < 1.29 is 23.9 Å². The van der Waals surface area contributed by atoms with E-state index in [-0.39, 0.29) is 5.92 Å². The Balaban J connectivity index is 4.61. The lowest BCUT2D eigenvalue weighted by molar-refractivity contribution is -0.149. The quantitative estimate of drug-likeness (QED) is 0.696. The monoisotopic (exact) mass is 330 g/mol. The molecule has 0 aromatic carbocycles. The molecule has 0 aromatic heterocycles. The minimum atomic E-state index is -0.829. The predicted octanol–water partition coefficient (Wildman–Crippen LogP) is 1.99. The smallest absolute Gasteiger partial charge is 0.408 e. The van der Waals surface area contributed by atoms with Crippen LogP contribution in [0.15, 0.2) is 0 Å². The van der Waals surface area contributed by atoms with Gasteiger partial charge >= 0.3 is 12.1 Å². The van der Waals surface area contributed by atoms with Crippen LogP contribution in [-0.2, 0) is 19.1 Å². The second-order valence-corrected chi connectivity index (χ2v) is 6.77. The van der Waals surface area contributed by atoms with Crippen LogP contribution in [0.25, 0.3) is 0 Å². The van der Waals surface area contributed by atoms with Gasteiger partial charge in [-0.3, -0.25) is 4.79 Å². The third kappa shape index (κ3) is 9.05. The van der Waals surface area contributed by atoms with E-state index in [1.54, 1.807) is 20.8 Å². The van der Waals surface area contributed by atoms with Gasteiger partial charge in [-0.15, -0.1) is 0 Å². The van der Waals surface area contributed by atoms with E-state index in [2.05, 4.69) is 10.6 Å². The van der Waals surface area contributed by atoms with E-state index in [4.69, 9.17) is 9.47 Å². The Labute approximate surface area is 138 Å². The number of amides is 2. The van der Waals surface area contributed by atoms with E-state index in [0.717, 1.165) is 0 Å². The molecule has 0 unspecified atom stereocenters. The highest BCUT2D eigenvalue weighted by atomic mass is 16.6. The van der Waals surface area contributed by atoms with E-state index in [1.165, 1.54) is 6.92 Å². The number of ether oxygens (including phenoxy) is 2. The lowest BCUT2D eigenvalue weighted by atomic mass is 10.0. The Morgan fingerprint density at radius 3 is 2.04 bits per heavy atom. The Hall–Kier alpha value is -1.79. The summed E-state index contributed by atoms with van der Waals surface area (Å²) >= 11 is 0. The van der Waals surface area contributed by atoms with Gasteiger partial charge in [0.25, 0.3) is 0 Å². The van der Waals surface area contributed by atoms with E-state index >= 15 is 0 Å². The lowest BCUT2D eigenvalue weighted by Gasteiger charge is -2.24. The van der Waals surface area contributed by atoms with E-state index in [0.29, 0.717) is 13.0 Å². The van der Waals surface area contributed by atoms with Gasteiger partial charge in [0.05, 0.1) is 6.61 Å². The van der Waals surface area contributed by atoms with Crippen molar-refractivity contribution in [2.45, 2.75) is 72.6 Å². The highest BCUT2D eigenvalue weighted by molar-refractivity contribution is 5.89. The molecule has 0 spiro atoms. The maximum atomic E-state index is 12.1. The van der Waals surface area contributed by atoms with Gasteiger partial charge < -0.3 is 20.1 Å². The molecule has 0 bridgehead atoms. The van der Waals surface area contributed by atoms with Crippen LogP contribution in [0.5, 0.6) is 0 Å². The molecule has 0 aliphatic carbocycles. The summed E-state index contributed by atoms with van der Waals surface area (Å²) in [5.74, 6) is -1.07. The zero-order valence-corrected chi connectivity index (χ0v) is 15.2. The minimum absolute atomic E-state index is 0.128. The second-order valence-electron chi connectivity index (χ2n) is 6.77. The van der Waals surface area contributed by atoms with Gasteiger partial charge in [-0.25, -0.2) is 9.59 Å². The van der Waals surface area contributed by atoms with Gasteiger partial charge in [-0.1, -0.05) is 20.8 Å². The van der Waals surface area contributed by atoms with E-state index < -0.39 is 35.7 Å². The van der Waals surface area contributed by atoms with Gasteiger partial charge in [-0.2, -0.15) is 0 Å². The van der Waals surface area contributed by atoms with Crippen molar-refractivity contribution in [3.05, 3.63) is 0 Å². The summed E-state index contributed by atoms with van der Waals surface area (Å²) in [6, 6.07) is -1.58. The van der Waals surface area contributed by atoms with Crippen molar-refractivity contribution in [2.75, 3.05) is 6.61 Å². The van der Waals surface area contributed by atoms with Crippen LogP contribution in [0.2, 0.25) is 0 Å². The highest BCUT2D eigenvalue weighted by Crippen LogP contribution is 2.07. The largest absolute Gasteiger partial charge is 0.464 e. The van der Waals surface area contributed by atoms with Gasteiger partial charge in [0, 0.05) is 0 Å².